The maximum atomic E-state index is 5.14. The molecule has 0 bridgehead atoms. The van der Waals surface area contributed by atoms with Crippen LogP contribution in [0.3, 0.4) is 0 Å². The van der Waals surface area contributed by atoms with E-state index in [-0.39, 0.29) is 14.6 Å². The molecule has 0 saturated heterocycles. The van der Waals surface area contributed by atoms with E-state index >= 15 is 0 Å². The predicted molar refractivity (Wildman–Crippen MR) is 29.1 cm³/mol. The SMILES string of the molecule is CCC[O][Cu]([CH3])[O]C. The number of rotatable bonds is 4. The van der Waals surface area contributed by atoms with Gasteiger partial charge in [-0.2, -0.15) is 0 Å². The molecule has 0 aromatic heterocycles. The number of hydrogen-bond donors (Lipinski definition) is 0. The second kappa shape index (κ2) is 5.57. The van der Waals surface area contributed by atoms with E-state index in [1.165, 1.54) is 0 Å². The van der Waals surface area contributed by atoms with Crippen LogP contribution in [0.5, 0.6) is 0 Å². The summed E-state index contributed by atoms with van der Waals surface area (Å²) in [4.78, 5) is 0. The predicted octanol–water partition coefficient (Wildman–Crippen LogP) is 1.56. The van der Waals surface area contributed by atoms with Crippen molar-refractivity contribution in [2.24, 2.45) is 0 Å². The van der Waals surface area contributed by atoms with Gasteiger partial charge >= 0.3 is 55.1 Å². The Morgan fingerprint density at radius 1 is 1.50 bits per heavy atom. The van der Waals surface area contributed by atoms with E-state index in [1.807, 2.05) is 5.82 Å². The molecule has 0 unspecified atom stereocenters. The molecule has 2 nitrogen and oxygen atoms in total. The fraction of sp³-hybridized carbons (Fsp3) is 1.00. The molecule has 0 saturated carbocycles. The van der Waals surface area contributed by atoms with Gasteiger partial charge < -0.3 is 0 Å². The molecule has 0 rings (SSSR count). The van der Waals surface area contributed by atoms with Gasteiger partial charge in [0.25, 0.3) is 0 Å². The van der Waals surface area contributed by atoms with Crippen LogP contribution in [-0.2, 0) is 22.2 Å². The van der Waals surface area contributed by atoms with Gasteiger partial charge in [-0.15, -0.1) is 0 Å². The Kier molecular flexibility index (Phi) is 5.88. The fourth-order valence-electron chi connectivity index (χ4n) is 0.184. The van der Waals surface area contributed by atoms with Crippen LogP contribution in [0, 0.1) is 0 Å². The van der Waals surface area contributed by atoms with Crippen molar-refractivity contribution in [2.45, 2.75) is 19.2 Å². The third-order valence-corrected chi connectivity index (χ3v) is 1.68. The van der Waals surface area contributed by atoms with E-state index in [4.69, 9.17) is 7.64 Å². The van der Waals surface area contributed by atoms with Crippen molar-refractivity contribution in [3.05, 3.63) is 0 Å². The van der Waals surface area contributed by atoms with E-state index in [2.05, 4.69) is 6.92 Å². The van der Waals surface area contributed by atoms with Gasteiger partial charge in [-0.1, -0.05) is 0 Å². The fourth-order valence-corrected chi connectivity index (χ4v) is 0.758. The average molecular weight is 169 g/mol. The first-order valence-electron chi connectivity index (χ1n) is 2.45. The minimum absolute atomic E-state index is 0.219. The molecule has 0 atom stereocenters. The van der Waals surface area contributed by atoms with Gasteiger partial charge in [0.2, 0.25) is 0 Å². The van der Waals surface area contributed by atoms with Crippen LogP contribution in [-0.4, -0.2) is 13.7 Å². The zero-order valence-electron chi connectivity index (χ0n) is 5.53. The quantitative estimate of drug-likeness (QED) is 0.594. The summed E-state index contributed by atoms with van der Waals surface area (Å²) in [5.74, 6) is 1.91. The summed E-state index contributed by atoms with van der Waals surface area (Å²) in [6.45, 7) is 2.87. The summed E-state index contributed by atoms with van der Waals surface area (Å²) in [6, 6.07) is 0. The molecule has 0 aromatic carbocycles. The standard InChI is InChI=1S/C3H7O.CH3O.CH3.Cu/c1-2-3-4;1-2;;/h2-3H2,1H3;1H3;1H3;/q2*-1;;+2. The van der Waals surface area contributed by atoms with Crippen LogP contribution in [0.15, 0.2) is 0 Å². The first-order chi connectivity index (χ1) is 3.81. The molecular weight excluding hydrogens is 156 g/mol. The summed E-state index contributed by atoms with van der Waals surface area (Å²) in [6.07, 6.45) is 1.05. The van der Waals surface area contributed by atoms with Crippen LogP contribution in [0.1, 0.15) is 13.3 Å². The van der Waals surface area contributed by atoms with Gasteiger partial charge in [0.1, 0.15) is 0 Å². The van der Waals surface area contributed by atoms with Crippen LogP contribution in [0.2, 0.25) is 5.82 Å². The third-order valence-electron chi connectivity index (χ3n) is 0.562. The number of hydrogen-bond acceptors (Lipinski definition) is 2. The molecule has 0 amide bonds. The Morgan fingerprint density at radius 3 is 2.50 bits per heavy atom. The van der Waals surface area contributed by atoms with Gasteiger partial charge in [0.05, 0.1) is 0 Å². The Morgan fingerprint density at radius 2 is 2.12 bits per heavy atom. The summed E-state index contributed by atoms with van der Waals surface area (Å²) in [5.41, 5.74) is 0. The Balaban J connectivity index is 2.86. The van der Waals surface area contributed by atoms with Crippen molar-refractivity contribution in [2.75, 3.05) is 13.7 Å². The normalized spacial score (nSPS) is 11.6. The third kappa shape index (κ3) is 4.59. The molecular formula is C5H13CuO2. The van der Waals surface area contributed by atoms with Crippen LogP contribution in [0.4, 0.5) is 0 Å². The second-order valence-corrected chi connectivity index (χ2v) is 2.79. The van der Waals surface area contributed by atoms with E-state index < -0.39 is 0 Å². The van der Waals surface area contributed by atoms with Gasteiger partial charge in [0, 0.05) is 0 Å². The molecule has 0 radical (unpaired) electrons. The van der Waals surface area contributed by atoms with Crippen molar-refractivity contribution in [1.29, 1.82) is 0 Å². The second-order valence-electron chi connectivity index (χ2n) is 1.21. The minimum atomic E-state index is -0.219. The monoisotopic (exact) mass is 168 g/mol. The van der Waals surface area contributed by atoms with Crippen molar-refractivity contribution < 1.29 is 22.2 Å². The molecule has 0 fully saturated rings. The molecule has 3 heteroatoms. The van der Waals surface area contributed by atoms with Crippen molar-refractivity contribution in [3.8, 4) is 0 Å². The van der Waals surface area contributed by atoms with E-state index in [9.17, 15) is 0 Å². The molecule has 0 N–H and O–H groups in total. The van der Waals surface area contributed by atoms with E-state index in [0.29, 0.717) is 0 Å². The van der Waals surface area contributed by atoms with Gasteiger partial charge in [-0.25, -0.2) is 0 Å². The average Bonchev–Trinajstić information content (AvgIpc) is 1.83. The molecule has 56 valence electrons. The Labute approximate surface area is 55.7 Å². The summed E-state index contributed by atoms with van der Waals surface area (Å²) >= 11 is -0.219. The summed E-state index contributed by atoms with van der Waals surface area (Å²) in [5, 5.41) is 0. The van der Waals surface area contributed by atoms with Gasteiger partial charge in [-0.05, 0) is 0 Å². The molecule has 0 aromatic rings. The topological polar surface area (TPSA) is 18.5 Å². The Bertz CT molecular complexity index is 49.7. The molecule has 0 aliphatic carbocycles. The first-order valence-corrected chi connectivity index (χ1v) is 4.16. The van der Waals surface area contributed by atoms with Crippen molar-refractivity contribution in [3.63, 3.8) is 0 Å². The zero-order valence-corrected chi connectivity index (χ0v) is 6.47. The Hall–Kier alpha value is 0.439. The van der Waals surface area contributed by atoms with Gasteiger partial charge in [0.15, 0.2) is 0 Å². The zero-order chi connectivity index (χ0) is 6.41. The van der Waals surface area contributed by atoms with E-state index in [1.54, 1.807) is 7.11 Å². The molecule has 0 heterocycles. The molecule has 0 aliphatic rings. The first kappa shape index (κ1) is 8.44. The van der Waals surface area contributed by atoms with Crippen LogP contribution < -0.4 is 0 Å². The van der Waals surface area contributed by atoms with Crippen LogP contribution in [0.25, 0.3) is 0 Å². The van der Waals surface area contributed by atoms with Crippen molar-refractivity contribution >= 4 is 0 Å². The van der Waals surface area contributed by atoms with Crippen molar-refractivity contribution in [1.82, 2.24) is 0 Å². The molecule has 0 aliphatic heterocycles. The van der Waals surface area contributed by atoms with Gasteiger partial charge in [-0.3, -0.25) is 0 Å². The molecule has 8 heavy (non-hydrogen) atoms. The molecule has 0 spiro atoms. The summed E-state index contributed by atoms with van der Waals surface area (Å²) in [7, 11) is 1.65. The maximum absolute atomic E-state index is 5.14. The van der Waals surface area contributed by atoms with Crippen LogP contribution >= 0.6 is 0 Å². The van der Waals surface area contributed by atoms with E-state index in [0.717, 1.165) is 13.0 Å². The summed E-state index contributed by atoms with van der Waals surface area (Å²) < 4.78 is 9.99.